The number of rotatable bonds is 3. The zero-order valence-corrected chi connectivity index (χ0v) is 10.8. The van der Waals surface area contributed by atoms with E-state index in [1.165, 1.54) is 13.0 Å². The van der Waals surface area contributed by atoms with E-state index in [-0.39, 0.29) is 11.1 Å². The van der Waals surface area contributed by atoms with Crippen molar-refractivity contribution in [3.8, 4) is 5.75 Å². The summed E-state index contributed by atoms with van der Waals surface area (Å²) in [5.41, 5.74) is 6.64. The molecule has 0 bridgehead atoms. The Balaban J connectivity index is 3.26. The Bertz CT molecular complexity index is 544. The molecular weight excluding hydrogens is 308 g/mol. The Morgan fingerprint density at radius 2 is 2.33 bits per heavy atom. The number of nitrogens with one attached hydrogen (secondary N) is 1. The van der Waals surface area contributed by atoms with Crippen LogP contribution in [-0.2, 0) is 0 Å². The zero-order valence-electron chi connectivity index (χ0n) is 9.18. The van der Waals surface area contributed by atoms with Crippen molar-refractivity contribution in [3.63, 3.8) is 0 Å². The summed E-state index contributed by atoms with van der Waals surface area (Å²) in [4.78, 5) is 20.5. The summed E-state index contributed by atoms with van der Waals surface area (Å²) in [6, 6.07) is 0.551. The third-order valence-electron chi connectivity index (χ3n) is 2.05. The van der Waals surface area contributed by atoms with Crippen LogP contribution in [0.3, 0.4) is 0 Å². The second-order valence-electron chi connectivity index (χ2n) is 3.26. The third kappa shape index (κ3) is 2.94. The number of phenols is 1. The van der Waals surface area contributed by atoms with E-state index in [4.69, 9.17) is 5.73 Å². The van der Waals surface area contributed by atoms with Crippen molar-refractivity contribution in [2.24, 2.45) is 10.8 Å². The number of primary amides is 1. The third-order valence-corrected chi connectivity index (χ3v) is 2.88. The fourth-order valence-corrected chi connectivity index (χ4v) is 1.66. The number of nitro benzene ring substituents is 1. The van der Waals surface area contributed by atoms with Crippen LogP contribution >= 0.6 is 15.9 Å². The molecule has 96 valence electrons. The Morgan fingerprint density at radius 3 is 2.83 bits per heavy atom. The van der Waals surface area contributed by atoms with Crippen molar-refractivity contribution in [1.29, 1.82) is 0 Å². The molecule has 18 heavy (non-hydrogen) atoms. The van der Waals surface area contributed by atoms with Gasteiger partial charge in [-0.1, -0.05) is 15.9 Å². The summed E-state index contributed by atoms with van der Waals surface area (Å²) >= 11 is 3.13. The molecule has 0 aliphatic heterocycles. The minimum atomic E-state index is -0.883. The first kappa shape index (κ1) is 13.9. The number of nitrogens with zero attached hydrogens (tertiary/aromatic N) is 2. The van der Waals surface area contributed by atoms with Gasteiger partial charge in [0.2, 0.25) is 5.75 Å². The summed E-state index contributed by atoms with van der Waals surface area (Å²) in [7, 11) is 0. The highest BCUT2D eigenvalue weighted by molar-refractivity contribution is 9.10. The Hall–Kier alpha value is -2.16. The van der Waals surface area contributed by atoms with Gasteiger partial charge in [-0.25, -0.2) is 10.2 Å². The molecule has 0 aliphatic carbocycles. The Labute approximate surface area is 110 Å². The van der Waals surface area contributed by atoms with Crippen LogP contribution in [-0.4, -0.2) is 22.3 Å². The van der Waals surface area contributed by atoms with Crippen LogP contribution in [0.2, 0.25) is 0 Å². The maximum absolute atomic E-state index is 10.8. The molecule has 0 aromatic heterocycles. The van der Waals surface area contributed by atoms with Crippen LogP contribution in [0, 0.1) is 17.0 Å². The van der Waals surface area contributed by atoms with Crippen LogP contribution in [0.1, 0.15) is 11.1 Å². The molecule has 0 fully saturated rings. The molecule has 4 N–H and O–H groups in total. The number of halogens is 1. The van der Waals surface area contributed by atoms with Crippen LogP contribution in [0.4, 0.5) is 10.5 Å². The molecule has 2 amide bonds. The highest BCUT2D eigenvalue weighted by Gasteiger charge is 2.22. The van der Waals surface area contributed by atoms with Crippen molar-refractivity contribution in [1.82, 2.24) is 5.43 Å². The normalized spacial score (nSPS) is 10.6. The maximum atomic E-state index is 10.8. The lowest BCUT2D eigenvalue weighted by atomic mass is 10.1. The number of carbonyl (C=O) groups is 1. The molecule has 1 aromatic rings. The van der Waals surface area contributed by atoms with Gasteiger partial charge >= 0.3 is 11.7 Å². The molecular formula is C9H9BrN4O4. The van der Waals surface area contributed by atoms with Gasteiger partial charge in [-0.2, -0.15) is 5.10 Å². The smallest absolute Gasteiger partial charge is 0.332 e. The fraction of sp³-hybridized carbons (Fsp3) is 0.111. The molecule has 0 unspecified atom stereocenters. The number of hydrogen-bond donors (Lipinski definition) is 3. The van der Waals surface area contributed by atoms with Gasteiger partial charge in [0.05, 0.1) is 11.1 Å². The minimum absolute atomic E-state index is 0.0768. The van der Waals surface area contributed by atoms with Gasteiger partial charge in [0.1, 0.15) is 0 Å². The molecule has 0 aliphatic rings. The van der Waals surface area contributed by atoms with Crippen molar-refractivity contribution in [2.75, 3.05) is 0 Å². The van der Waals surface area contributed by atoms with Crippen LogP contribution in [0.15, 0.2) is 15.6 Å². The van der Waals surface area contributed by atoms with E-state index in [0.717, 1.165) is 6.21 Å². The number of carbonyl (C=O) groups excluding carboxylic acids is 1. The molecule has 0 saturated heterocycles. The van der Waals surface area contributed by atoms with Gasteiger partial charge in [0, 0.05) is 15.6 Å². The number of phenolic OH excluding ortho intramolecular Hbond substituents is 1. The van der Waals surface area contributed by atoms with E-state index in [1.807, 2.05) is 5.43 Å². The average Bonchev–Trinajstić information content (AvgIpc) is 2.24. The fourth-order valence-electron chi connectivity index (χ4n) is 1.23. The topological polar surface area (TPSA) is 131 Å². The molecule has 8 nitrogen and oxygen atoms in total. The number of aromatic hydroxyl groups is 1. The van der Waals surface area contributed by atoms with Crippen molar-refractivity contribution >= 4 is 33.9 Å². The molecule has 9 heteroatoms. The minimum Gasteiger partial charge on any atom is -0.502 e. The number of benzene rings is 1. The van der Waals surface area contributed by atoms with E-state index in [0.29, 0.717) is 4.47 Å². The summed E-state index contributed by atoms with van der Waals surface area (Å²) < 4.78 is 0.438. The predicted molar refractivity (Wildman–Crippen MR) is 67.5 cm³/mol. The van der Waals surface area contributed by atoms with E-state index in [1.54, 1.807) is 0 Å². The molecule has 1 aromatic carbocycles. The van der Waals surface area contributed by atoms with Gasteiger partial charge in [0.25, 0.3) is 0 Å². The van der Waals surface area contributed by atoms with E-state index in [2.05, 4.69) is 21.0 Å². The second-order valence-corrected chi connectivity index (χ2v) is 4.12. The van der Waals surface area contributed by atoms with Gasteiger partial charge < -0.3 is 10.8 Å². The van der Waals surface area contributed by atoms with Gasteiger partial charge in [-0.05, 0) is 13.0 Å². The number of hydrogen-bond acceptors (Lipinski definition) is 5. The Morgan fingerprint density at radius 1 is 1.72 bits per heavy atom. The number of amides is 2. The average molecular weight is 317 g/mol. The first-order valence-corrected chi connectivity index (χ1v) is 5.38. The molecule has 0 saturated carbocycles. The number of hydrazone groups is 1. The molecule has 0 heterocycles. The van der Waals surface area contributed by atoms with Crippen LogP contribution < -0.4 is 11.2 Å². The first-order valence-electron chi connectivity index (χ1n) is 4.59. The molecule has 0 radical (unpaired) electrons. The lowest BCUT2D eigenvalue weighted by molar-refractivity contribution is -0.386. The van der Waals surface area contributed by atoms with E-state index < -0.39 is 22.4 Å². The number of nitro groups is 1. The highest BCUT2D eigenvalue weighted by atomic mass is 79.9. The van der Waals surface area contributed by atoms with Crippen LogP contribution in [0.25, 0.3) is 0 Å². The largest absolute Gasteiger partial charge is 0.502 e. The van der Waals surface area contributed by atoms with Gasteiger partial charge in [-0.15, -0.1) is 0 Å². The van der Waals surface area contributed by atoms with Crippen molar-refractivity contribution < 1.29 is 14.8 Å². The lowest BCUT2D eigenvalue weighted by Crippen LogP contribution is -2.24. The van der Waals surface area contributed by atoms with E-state index >= 15 is 0 Å². The van der Waals surface area contributed by atoms with Gasteiger partial charge in [0.15, 0.2) is 0 Å². The quantitative estimate of drug-likeness (QED) is 0.441. The summed E-state index contributed by atoms with van der Waals surface area (Å²) in [5.74, 6) is -0.532. The van der Waals surface area contributed by atoms with Crippen molar-refractivity contribution in [3.05, 3.63) is 31.8 Å². The monoisotopic (exact) mass is 316 g/mol. The summed E-state index contributed by atoms with van der Waals surface area (Å²) in [5, 5.41) is 24.0. The predicted octanol–water partition coefficient (Wildman–Crippen LogP) is 1.37. The number of urea groups is 1. The first-order chi connectivity index (χ1) is 8.34. The van der Waals surface area contributed by atoms with Crippen molar-refractivity contribution in [2.45, 2.75) is 6.92 Å². The summed E-state index contributed by atoms with van der Waals surface area (Å²) in [6.45, 7) is 1.49. The molecule has 1 rings (SSSR count). The Kier molecular flexibility index (Phi) is 4.21. The summed E-state index contributed by atoms with van der Waals surface area (Å²) in [6.07, 6.45) is 1.05. The SMILES string of the molecule is Cc1c(Br)cc(C=NNC(N)=O)c(O)c1[N+](=O)[O-]. The number of nitrogens with two attached hydrogens (primary N) is 1. The second kappa shape index (κ2) is 5.45. The molecule has 0 atom stereocenters. The maximum Gasteiger partial charge on any atom is 0.332 e. The standard InChI is InChI=1S/C9H9BrN4O4/c1-4-6(10)2-5(3-12-13-9(11)16)8(15)7(4)14(17)18/h2-3,15H,1H3,(H3,11,13,16). The highest BCUT2D eigenvalue weighted by Crippen LogP contribution is 2.36. The van der Waals surface area contributed by atoms with Gasteiger partial charge in [-0.3, -0.25) is 10.1 Å². The zero-order chi connectivity index (χ0) is 13.9. The van der Waals surface area contributed by atoms with Crippen LogP contribution in [0.5, 0.6) is 5.75 Å². The van der Waals surface area contributed by atoms with E-state index in [9.17, 15) is 20.0 Å². The molecule has 0 spiro atoms. The lowest BCUT2D eigenvalue weighted by Gasteiger charge is -2.05.